The molecular formula is C18H21NO2. The van der Waals surface area contributed by atoms with Gasteiger partial charge in [0.15, 0.2) is 0 Å². The van der Waals surface area contributed by atoms with Crippen molar-refractivity contribution in [3.8, 4) is 5.75 Å². The van der Waals surface area contributed by atoms with E-state index in [1.165, 1.54) is 11.1 Å². The molecule has 2 aromatic carbocycles. The van der Waals surface area contributed by atoms with Crippen LogP contribution in [0.25, 0.3) is 0 Å². The van der Waals surface area contributed by atoms with E-state index < -0.39 is 0 Å². The SMILES string of the molecule is CCOc1ccccc1NCC1OCCc2ccccc21. The summed E-state index contributed by atoms with van der Waals surface area (Å²) in [6, 6.07) is 16.6. The predicted octanol–water partition coefficient (Wildman–Crippen LogP) is 3.81. The van der Waals surface area contributed by atoms with Gasteiger partial charge in [-0.3, -0.25) is 0 Å². The molecule has 0 saturated carbocycles. The lowest BCUT2D eigenvalue weighted by Crippen LogP contribution is -2.22. The van der Waals surface area contributed by atoms with Gasteiger partial charge < -0.3 is 14.8 Å². The Morgan fingerprint density at radius 1 is 1.14 bits per heavy atom. The van der Waals surface area contributed by atoms with Crippen molar-refractivity contribution in [2.45, 2.75) is 19.4 Å². The second-order valence-electron chi connectivity index (χ2n) is 5.12. The highest BCUT2D eigenvalue weighted by molar-refractivity contribution is 5.56. The summed E-state index contributed by atoms with van der Waals surface area (Å²) in [5.41, 5.74) is 3.71. The molecule has 0 bridgehead atoms. The number of fused-ring (bicyclic) bond motifs is 1. The molecular weight excluding hydrogens is 262 g/mol. The zero-order valence-corrected chi connectivity index (χ0v) is 12.3. The van der Waals surface area contributed by atoms with Gasteiger partial charge >= 0.3 is 0 Å². The van der Waals surface area contributed by atoms with E-state index in [1.54, 1.807) is 0 Å². The Balaban J connectivity index is 1.72. The van der Waals surface area contributed by atoms with Gasteiger partial charge in [0.05, 0.1) is 25.0 Å². The summed E-state index contributed by atoms with van der Waals surface area (Å²) in [6.07, 6.45) is 1.10. The molecule has 1 unspecified atom stereocenters. The number of para-hydroxylation sites is 2. The number of benzene rings is 2. The van der Waals surface area contributed by atoms with E-state index in [2.05, 4.69) is 29.6 Å². The molecule has 0 aliphatic carbocycles. The minimum atomic E-state index is 0.102. The van der Waals surface area contributed by atoms with Crippen molar-refractivity contribution in [2.75, 3.05) is 25.1 Å². The lowest BCUT2D eigenvalue weighted by molar-refractivity contribution is 0.0513. The Morgan fingerprint density at radius 2 is 1.95 bits per heavy atom. The van der Waals surface area contributed by atoms with Crippen LogP contribution in [0.4, 0.5) is 5.69 Å². The van der Waals surface area contributed by atoms with Gasteiger partial charge in [0.1, 0.15) is 5.75 Å². The smallest absolute Gasteiger partial charge is 0.142 e. The van der Waals surface area contributed by atoms with Crippen LogP contribution in [-0.4, -0.2) is 19.8 Å². The summed E-state index contributed by atoms with van der Waals surface area (Å²) in [5, 5.41) is 3.46. The zero-order valence-electron chi connectivity index (χ0n) is 12.3. The first kappa shape index (κ1) is 14.0. The van der Waals surface area contributed by atoms with Gasteiger partial charge in [0.2, 0.25) is 0 Å². The lowest BCUT2D eigenvalue weighted by Gasteiger charge is -2.27. The summed E-state index contributed by atoms with van der Waals surface area (Å²) >= 11 is 0. The molecule has 1 heterocycles. The standard InChI is InChI=1S/C18H21NO2/c1-2-20-17-10-6-5-9-16(17)19-13-18-15-8-4-3-7-14(15)11-12-21-18/h3-10,18-19H,2,11-13H2,1H3. The van der Waals surface area contributed by atoms with Gasteiger partial charge in [-0.05, 0) is 36.6 Å². The van der Waals surface area contributed by atoms with E-state index in [-0.39, 0.29) is 6.10 Å². The second-order valence-corrected chi connectivity index (χ2v) is 5.12. The minimum Gasteiger partial charge on any atom is -0.492 e. The normalized spacial score (nSPS) is 17.1. The van der Waals surface area contributed by atoms with Crippen molar-refractivity contribution in [3.05, 3.63) is 59.7 Å². The fraction of sp³-hybridized carbons (Fsp3) is 0.333. The van der Waals surface area contributed by atoms with Crippen molar-refractivity contribution in [1.29, 1.82) is 0 Å². The average molecular weight is 283 g/mol. The number of ether oxygens (including phenoxy) is 2. The first-order valence-electron chi connectivity index (χ1n) is 7.53. The summed E-state index contributed by atoms with van der Waals surface area (Å²) < 4.78 is 11.6. The van der Waals surface area contributed by atoms with Gasteiger partial charge in [-0.25, -0.2) is 0 Å². The molecule has 3 nitrogen and oxygen atoms in total. The van der Waals surface area contributed by atoms with Crippen molar-refractivity contribution in [2.24, 2.45) is 0 Å². The second kappa shape index (κ2) is 6.64. The van der Waals surface area contributed by atoms with Crippen LogP contribution >= 0.6 is 0 Å². The average Bonchev–Trinajstić information content (AvgIpc) is 2.54. The molecule has 110 valence electrons. The topological polar surface area (TPSA) is 30.5 Å². The fourth-order valence-corrected chi connectivity index (χ4v) is 2.74. The van der Waals surface area contributed by atoms with E-state index >= 15 is 0 Å². The number of rotatable bonds is 5. The maximum atomic E-state index is 5.92. The van der Waals surface area contributed by atoms with Gasteiger partial charge in [-0.1, -0.05) is 36.4 Å². The van der Waals surface area contributed by atoms with Crippen LogP contribution in [0.1, 0.15) is 24.2 Å². The van der Waals surface area contributed by atoms with Crippen LogP contribution in [0.5, 0.6) is 5.75 Å². The van der Waals surface area contributed by atoms with Crippen LogP contribution in [-0.2, 0) is 11.2 Å². The first-order valence-corrected chi connectivity index (χ1v) is 7.53. The van der Waals surface area contributed by atoms with Crippen LogP contribution in [0.3, 0.4) is 0 Å². The molecule has 1 aliphatic rings. The van der Waals surface area contributed by atoms with E-state index in [0.29, 0.717) is 6.61 Å². The molecule has 0 spiro atoms. The molecule has 0 amide bonds. The first-order chi connectivity index (χ1) is 10.4. The van der Waals surface area contributed by atoms with Gasteiger partial charge in [0.25, 0.3) is 0 Å². The molecule has 3 heteroatoms. The molecule has 3 rings (SSSR count). The molecule has 1 N–H and O–H groups in total. The van der Waals surface area contributed by atoms with Crippen molar-refractivity contribution < 1.29 is 9.47 Å². The third-order valence-corrected chi connectivity index (χ3v) is 3.76. The van der Waals surface area contributed by atoms with Crippen molar-refractivity contribution in [3.63, 3.8) is 0 Å². The monoisotopic (exact) mass is 283 g/mol. The summed E-state index contributed by atoms with van der Waals surface area (Å²) in [4.78, 5) is 0. The third kappa shape index (κ3) is 3.19. The largest absolute Gasteiger partial charge is 0.492 e. The molecule has 21 heavy (non-hydrogen) atoms. The highest BCUT2D eigenvalue weighted by atomic mass is 16.5. The van der Waals surface area contributed by atoms with Crippen LogP contribution in [0, 0.1) is 0 Å². The molecule has 0 radical (unpaired) electrons. The van der Waals surface area contributed by atoms with E-state index in [4.69, 9.17) is 9.47 Å². The highest BCUT2D eigenvalue weighted by Gasteiger charge is 2.20. The molecule has 0 fully saturated rings. The van der Waals surface area contributed by atoms with Gasteiger partial charge in [-0.2, -0.15) is 0 Å². The number of nitrogens with one attached hydrogen (secondary N) is 1. The van der Waals surface area contributed by atoms with Crippen molar-refractivity contribution in [1.82, 2.24) is 0 Å². The lowest BCUT2D eigenvalue weighted by atomic mass is 9.97. The van der Waals surface area contributed by atoms with Crippen molar-refractivity contribution >= 4 is 5.69 Å². The molecule has 2 aromatic rings. The predicted molar refractivity (Wildman–Crippen MR) is 84.9 cm³/mol. The molecule has 0 saturated heterocycles. The Morgan fingerprint density at radius 3 is 2.86 bits per heavy atom. The Kier molecular flexibility index (Phi) is 4.41. The Bertz CT molecular complexity index is 597. The maximum Gasteiger partial charge on any atom is 0.142 e. The third-order valence-electron chi connectivity index (χ3n) is 3.76. The highest BCUT2D eigenvalue weighted by Crippen LogP contribution is 2.29. The van der Waals surface area contributed by atoms with E-state index in [9.17, 15) is 0 Å². The molecule has 0 aromatic heterocycles. The van der Waals surface area contributed by atoms with E-state index in [1.807, 2.05) is 31.2 Å². The molecule has 1 atom stereocenters. The van der Waals surface area contributed by atoms with Gasteiger partial charge in [-0.15, -0.1) is 0 Å². The quantitative estimate of drug-likeness (QED) is 0.905. The van der Waals surface area contributed by atoms with Crippen LogP contribution in [0.15, 0.2) is 48.5 Å². The van der Waals surface area contributed by atoms with Crippen LogP contribution < -0.4 is 10.1 Å². The minimum absolute atomic E-state index is 0.102. The van der Waals surface area contributed by atoms with Gasteiger partial charge in [0, 0.05) is 6.54 Å². The summed E-state index contributed by atoms with van der Waals surface area (Å²) in [6.45, 7) is 4.20. The molecule has 1 aliphatic heterocycles. The summed E-state index contributed by atoms with van der Waals surface area (Å²) in [5.74, 6) is 0.893. The zero-order chi connectivity index (χ0) is 14.5. The number of hydrogen-bond donors (Lipinski definition) is 1. The van der Waals surface area contributed by atoms with E-state index in [0.717, 1.165) is 31.0 Å². The summed E-state index contributed by atoms with van der Waals surface area (Å²) in [7, 11) is 0. The Labute approximate surface area is 125 Å². The fourth-order valence-electron chi connectivity index (χ4n) is 2.74. The number of anilines is 1. The Hall–Kier alpha value is -2.00. The maximum absolute atomic E-state index is 5.92. The van der Waals surface area contributed by atoms with Crippen LogP contribution in [0.2, 0.25) is 0 Å². The number of hydrogen-bond acceptors (Lipinski definition) is 3.